The number of carbonyl (C=O) groups excluding carboxylic acids is 1. The van der Waals surface area contributed by atoms with E-state index < -0.39 is 0 Å². The smallest absolute Gasteiger partial charge is 0.226 e. The molecule has 2 atom stereocenters. The molecule has 0 saturated heterocycles. The van der Waals surface area contributed by atoms with Gasteiger partial charge >= 0.3 is 0 Å². The molecule has 0 aromatic heterocycles. The maximum Gasteiger partial charge on any atom is 0.226 e. The van der Waals surface area contributed by atoms with Gasteiger partial charge in [0.25, 0.3) is 0 Å². The summed E-state index contributed by atoms with van der Waals surface area (Å²) in [7, 11) is 1.89. The Hall–Kier alpha value is -0.570. The van der Waals surface area contributed by atoms with Gasteiger partial charge in [-0.15, -0.1) is 0 Å². The van der Waals surface area contributed by atoms with Gasteiger partial charge in [0.05, 0.1) is 5.92 Å². The average Bonchev–Trinajstić information content (AvgIpc) is 2.24. The molecular formula is C13H28N2O. The number of rotatable bonds is 7. The van der Waals surface area contributed by atoms with Gasteiger partial charge in [0.2, 0.25) is 5.91 Å². The molecule has 0 aliphatic heterocycles. The number of nitrogens with two attached hydrogens (primary N) is 1. The van der Waals surface area contributed by atoms with Crippen molar-refractivity contribution in [3.8, 4) is 0 Å². The van der Waals surface area contributed by atoms with Crippen molar-refractivity contribution in [2.24, 2.45) is 23.5 Å². The van der Waals surface area contributed by atoms with Crippen molar-refractivity contribution < 1.29 is 4.79 Å². The van der Waals surface area contributed by atoms with Crippen LogP contribution in [0.4, 0.5) is 0 Å². The van der Waals surface area contributed by atoms with E-state index in [0.717, 1.165) is 19.4 Å². The van der Waals surface area contributed by atoms with Crippen LogP contribution in [0.3, 0.4) is 0 Å². The predicted molar refractivity (Wildman–Crippen MR) is 69.1 cm³/mol. The Labute approximate surface area is 100 Å². The van der Waals surface area contributed by atoms with Gasteiger partial charge in [-0.2, -0.15) is 0 Å². The molecule has 0 fully saturated rings. The normalized spacial score (nSPS) is 14.9. The lowest BCUT2D eigenvalue weighted by molar-refractivity contribution is -0.134. The fraction of sp³-hybridized carbons (Fsp3) is 0.923. The number of hydrogen-bond acceptors (Lipinski definition) is 2. The van der Waals surface area contributed by atoms with Crippen LogP contribution >= 0.6 is 0 Å². The van der Waals surface area contributed by atoms with Crippen LogP contribution in [-0.4, -0.2) is 30.9 Å². The second-order valence-electron chi connectivity index (χ2n) is 5.29. The highest BCUT2D eigenvalue weighted by Crippen LogP contribution is 2.14. The lowest BCUT2D eigenvalue weighted by Gasteiger charge is -2.26. The molecule has 16 heavy (non-hydrogen) atoms. The van der Waals surface area contributed by atoms with Crippen LogP contribution in [0, 0.1) is 17.8 Å². The molecule has 0 radical (unpaired) electrons. The highest BCUT2D eigenvalue weighted by molar-refractivity contribution is 5.78. The minimum absolute atomic E-state index is 0.00550. The van der Waals surface area contributed by atoms with Crippen molar-refractivity contribution in [3.05, 3.63) is 0 Å². The highest BCUT2D eigenvalue weighted by Gasteiger charge is 2.22. The summed E-state index contributed by atoms with van der Waals surface area (Å²) in [5.41, 5.74) is 5.68. The molecule has 3 heteroatoms. The Morgan fingerprint density at radius 1 is 1.31 bits per heavy atom. The van der Waals surface area contributed by atoms with Crippen LogP contribution in [0.15, 0.2) is 0 Å². The quantitative estimate of drug-likeness (QED) is 0.725. The van der Waals surface area contributed by atoms with E-state index >= 15 is 0 Å². The Bertz CT molecular complexity index is 204. The number of amides is 1. The van der Waals surface area contributed by atoms with Gasteiger partial charge in [-0.25, -0.2) is 0 Å². The molecule has 0 aliphatic rings. The van der Waals surface area contributed by atoms with E-state index in [2.05, 4.69) is 27.7 Å². The lowest BCUT2D eigenvalue weighted by atomic mass is 9.95. The first-order chi connectivity index (χ1) is 7.42. The van der Waals surface area contributed by atoms with Crippen LogP contribution < -0.4 is 5.73 Å². The summed E-state index contributed by atoms with van der Waals surface area (Å²) in [5, 5.41) is 0. The number of hydrogen-bond donors (Lipinski definition) is 1. The van der Waals surface area contributed by atoms with Gasteiger partial charge < -0.3 is 10.6 Å². The second-order valence-corrected chi connectivity index (χ2v) is 5.29. The van der Waals surface area contributed by atoms with E-state index in [1.54, 1.807) is 0 Å². The summed E-state index contributed by atoms with van der Waals surface area (Å²) in [5.74, 6) is 1.28. The Morgan fingerprint density at radius 2 is 1.88 bits per heavy atom. The molecule has 0 heterocycles. The number of nitrogens with zero attached hydrogens (tertiary/aromatic N) is 1. The van der Waals surface area contributed by atoms with Crippen molar-refractivity contribution in [2.75, 3.05) is 20.1 Å². The molecule has 0 aromatic carbocycles. The third-order valence-electron chi connectivity index (χ3n) is 3.05. The standard InChI is InChI=1S/C13H28N2O/c1-6-11(4)9-15(5)13(16)12(8-14)7-10(2)3/h10-12H,6-9,14H2,1-5H3. The zero-order valence-corrected chi connectivity index (χ0v) is 11.5. The molecular weight excluding hydrogens is 200 g/mol. The molecule has 0 aliphatic carbocycles. The van der Waals surface area contributed by atoms with Gasteiger partial charge in [0.1, 0.15) is 0 Å². The van der Waals surface area contributed by atoms with Crippen molar-refractivity contribution in [3.63, 3.8) is 0 Å². The maximum atomic E-state index is 12.1. The molecule has 0 rings (SSSR count). The summed E-state index contributed by atoms with van der Waals surface area (Å²) in [4.78, 5) is 13.9. The first kappa shape index (κ1) is 15.4. The minimum Gasteiger partial charge on any atom is -0.345 e. The van der Waals surface area contributed by atoms with Gasteiger partial charge in [-0.3, -0.25) is 4.79 Å². The van der Waals surface area contributed by atoms with Gasteiger partial charge in [-0.05, 0) is 18.3 Å². The lowest BCUT2D eigenvalue weighted by Crippen LogP contribution is -2.39. The second kappa shape index (κ2) is 7.66. The molecule has 96 valence electrons. The van der Waals surface area contributed by atoms with E-state index in [4.69, 9.17) is 5.73 Å². The fourth-order valence-corrected chi connectivity index (χ4v) is 1.87. The molecule has 0 saturated carbocycles. The van der Waals surface area contributed by atoms with E-state index in [9.17, 15) is 4.79 Å². The van der Waals surface area contributed by atoms with Crippen molar-refractivity contribution in [1.29, 1.82) is 0 Å². The van der Waals surface area contributed by atoms with Crippen molar-refractivity contribution in [2.45, 2.75) is 40.5 Å². The third kappa shape index (κ3) is 5.50. The van der Waals surface area contributed by atoms with Crippen LogP contribution in [0.25, 0.3) is 0 Å². The summed E-state index contributed by atoms with van der Waals surface area (Å²) in [6, 6.07) is 0. The van der Waals surface area contributed by atoms with Crippen molar-refractivity contribution in [1.82, 2.24) is 4.90 Å². The number of carbonyl (C=O) groups is 1. The maximum absolute atomic E-state index is 12.1. The van der Waals surface area contributed by atoms with Gasteiger partial charge in [0, 0.05) is 20.1 Å². The molecule has 0 aromatic rings. The summed E-state index contributed by atoms with van der Waals surface area (Å²) in [6.45, 7) is 9.88. The van der Waals surface area contributed by atoms with E-state index in [0.29, 0.717) is 18.4 Å². The predicted octanol–water partition coefficient (Wildman–Crippen LogP) is 2.11. The SMILES string of the molecule is CCC(C)CN(C)C(=O)C(CN)CC(C)C. The largest absolute Gasteiger partial charge is 0.345 e. The first-order valence-corrected chi connectivity index (χ1v) is 6.37. The molecule has 0 bridgehead atoms. The molecule has 0 spiro atoms. The molecule has 3 nitrogen and oxygen atoms in total. The highest BCUT2D eigenvalue weighted by atomic mass is 16.2. The van der Waals surface area contributed by atoms with Crippen LogP contribution in [0.1, 0.15) is 40.5 Å². The zero-order chi connectivity index (χ0) is 12.7. The third-order valence-corrected chi connectivity index (χ3v) is 3.05. The molecule has 2 unspecified atom stereocenters. The Kier molecular flexibility index (Phi) is 7.39. The molecule has 1 amide bonds. The summed E-state index contributed by atoms with van der Waals surface area (Å²) in [6.07, 6.45) is 2.00. The summed E-state index contributed by atoms with van der Waals surface area (Å²) >= 11 is 0. The Balaban J connectivity index is 4.27. The van der Waals surface area contributed by atoms with Crippen molar-refractivity contribution >= 4 is 5.91 Å². The molecule has 2 N–H and O–H groups in total. The summed E-state index contributed by atoms with van der Waals surface area (Å²) < 4.78 is 0. The monoisotopic (exact) mass is 228 g/mol. The van der Waals surface area contributed by atoms with Gasteiger partial charge in [0.15, 0.2) is 0 Å². The van der Waals surface area contributed by atoms with Crippen LogP contribution in [-0.2, 0) is 4.79 Å². The van der Waals surface area contributed by atoms with Gasteiger partial charge in [-0.1, -0.05) is 34.1 Å². The zero-order valence-electron chi connectivity index (χ0n) is 11.5. The van der Waals surface area contributed by atoms with E-state index in [1.165, 1.54) is 0 Å². The Morgan fingerprint density at radius 3 is 2.25 bits per heavy atom. The van der Waals surface area contributed by atoms with E-state index in [1.807, 2.05) is 11.9 Å². The van der Waals surface area contributed by atoms with Crippen LogP contribution in [0.2, 0.25) is 0 Å². The fourth-order valence-electron chi connectivity index (χ4n) is 1.87. The van der Waals surface area contributed by atoms with Crippen LogP contribution in [0.5, 0.6) is 0 Å². The topological polar surface area (TPSA) is 46.3 Å². The minimum atomic E-state index is -0.00550. The van der Waals surface area contributed by atoms with E-state index in [-0.39, 0.29) is 11.8 Å². The first-order valence-electron chi connectivity index (χ1n) is 6.37. The average molecular weight is 228 g/mol.